The molecule has 0 radical (unpaired) electrons. The quantitative estimate of drug-likeness (QED) is 0.317. The van der Waals surface area contributed by atoms with Gasteiger partial charge in [-0.15, -0.1) is 0 Å². The van der Waals surface area contributed by atoms with E-state index in [-0.39, 0.29) is 12.5 Å². The minimum atomic E-state index is -0.790. The van der Waals surface area contributed by atoms with Gasteiger partial charge in [0.05, 0.1) is 18.3 Å². The standard InChI is InChI=1S/C24H26BrF2N3OS2/c1-2-14-3-4-16-12-32-13-21(19(16)7-14)28-10-22(31)20(30-23-11-29-24(25)33-23)8-15-5-17(26)9-18(27)6-15/h3-7,9,11,20-22,28,30-31H,2,8,10,12-13H2,1H3. The van der Waals surface area contributed by atoms with Crippen LogP contribution >= 0.6 is 39.0 Å². The molecule has 1 aromatic heterocycles. The molecule has 1 aliphatic rings. The van der Waals surface area contributed by atoms with Gasteiger partial charge in [0.2, 0.25) is 0 Å². The zero-order valence-electron chi connectivity index (χ0n) is 18.2. The van der Waals surface area contributed by atoms with Gasteiger partial charge in [0.15, 0.2) is 3.92 Å². The Morgan fingerprint density at radius 1 is 1.18 bits per heavy atom. The number of benzene rings is 2. The van der Waals surface area contributed by atoms with E-state index in [1.807, 2.05) is 11.8 Å². The van der Waals surface area contributed by atoms with E-state index in [4.69, 9.17) is 0 Å². The molecule has 0 aliphatic carbocycles. The lowest BCUT2D eigenvalue weighted by Gasteiger charge is -2.30. The van der Waals surface area contributed by atoms with E-state index in [1.54, 1.807) is 6.20 Å². The fourth-order valence-corrected chi connectivity index (χ4v) is 6.40. The number of nitrogens with one attached hydrogen (secondary N) is 2. The minimum absolute atomic E-state index is 0.143. The number of nitrogens with zero attached hydrogens (tertiary/aromatic N) is 1. The number of hydrogen-bond donors (Lipinski definition) is 3. The normalized spacial score (nSPS) is 17.4. The summed E-state index contributed by atoms with van der Waals surface area (Å²) in [6.45, 7) is 2.49. The summed E-state index contributed by atoms with van der Waals surface area (Å²) in [7, 11) is 0. The third-order valence-electron chi connectivity index (χ3n) is 5.76. The third-order valence-corrected chi connectivity index (χ3v) is 8.25. The van der Waals surface area contributed by atoms with Gasteiger partial charge in [0.25, 0.3) is 0 Å². The molecule has 2 aromatic carbocycles. The molecule has 0 fully saturated rings. The van der Waals surface area contributed by atoms with Gasteiger partial charge in [-0.1, -0.05) is 36.5 Å². The predicted molar refractivity (Wildman–Crippen MR) is 136 cm³/mol. The lowest BCUT2D eigenvalue weighted by molar-refractivity contribution is 0.146. The number of thioether (sulfide) groups is 1. The summed E-state index contributed by atoms with van der Waals surface area (Å²) >= 11 is 6.62. The Morgan fingerprint density at radius 2 is 1.97 bits per heavy atom. The van der Waals surface area contributed by atoms with Crippen LogP contribution in [0.3, 0.4) is 0 Å². The van der Waals surface area contributed by atoms with Crippen LogP contribution in [-0.4, -0.2) is 34.5 Å². The molecule has 3 aromatic rings. The van der Waals surface area contributed by atoms with Crippen LogP contribution in [0.5, 0.6) is 0 Å². The van der Waals surface area contributed by atoms with Crippen molar-refractivity contribution in [1.29, 1.82) is 0 Å². The lowest BCUT2D eigenvalue weighted by Crippen LogP contribution is -2.43. The molecule has 33 heavy (non-hydrogen) atoms. The lowest BCUT2D eigenvalue weighted by atomic mass is 9.97. The average molecular weight is 555 g/mol. The summed E-state index contributed by atoms with van der Waals surface area (Å²) in [5, 5.41) is 18.7. The van der Waals surface area contributed by atoms with Crippen molar-refractivity contribution in [3.8, 4) is 0 Å². The fraction of sp³-hybridized carbons (Fsp3) is 0.375. The zero-order valence-corrected chi connectivity index (χ0v) is 21.4. The highest BCUT2D eigenvalue weighted by atomic mass is 79.9. The SMILES string of the molecule is CCc1ccc2c(c1)C(NCC(O)C(Cc1cc(F)cc(F)c1)Nc1cnc(Br)s1)CSC2. The summed E-state index contributed by atoms with van der Waals surface area (Å²) in [5.74, 6) is 0.677. The molecule has 0 saturated heterocycles. The molecule has 3 N–H and O–H groups in total. The first-order chi connectivity index (χ1) is 15.9. The van der Waals surface area contributed by atoms with E-state index in [2.05, 4.69) is 56.7 Å². The molecule has 0 bridgehead atoms. The molecule has 0 saturated carbocycles. The van der Waals surface area contributed by atoms with Gasteiger partial charge < -0.3 is 15.7 Å². The van der Waals surface area contributed by atoms with E-state index in [1.165, 1.54) is 40.2 Å². The molecular formula is C24H26BrF2N3OS2. The van der Waals surface area contributed by atoms with Crippen molar-refractivity contribution in [2.45, 2.75) is 43.7 Å². The van der Waals surface area contributed by atoms with Gasteiger partial charge in [0, 0.05) is 30.2 Å². The molecule has 9 heteroatoms. The topological polar surface area (TPSA) is 57.2 Å². The van der Waals surface area contributed by atoms with Crippen LogP contribution in [0.1, 0.15) is 35.2 Å². The average Bonchev–Trinajstić information content (AvgIpc) is 3.20. The number of fused-ring (bicyclic) bond motifs is 1. The minimum Gasteiger partial charge on any atom is -0.390 e. The van der Waals surface area contributed by atoms with Gasteiger partial charge in [-0.25, -0.2) is 13.8 Å². The number of aromatic nitrogens is 1. The molecule has 4 rings (SSSR count). The summed E-state index contributed by atoms with van der Waals surface area (Å²) in [4.78, 5) is 4.18. The Labute approximate surface area is 209 Å². The second kappa shape index (κ2) is 11.3. The van der Waals surface area contributed by atoms with Gasteiger partial charge in [0.1, 0.15) is 16.6 Å². The maximum Gasteiger partial charge on any atom is 0.161 e. The van der Waals surface area contributed by atoms with Crippen molar-refractivity contribution in [1.82, 2.24) is 10.3 Å². The van der Waals surface area contributed by atoms with Crippen molar-refractivity contribution in [2.75, 3.05) is 17.6 Å². The monoisotopic (exact) mass is 553 g/mol. The van der Waals surface area contributed by atoms with Crippen molar-refractivity contribution in [2.24, 2.45) is 0 Å². The van der Waals surface area contributed by atoms with Crippen LogP contribution in [0.25, 0.3) is 0 Å². The highest BCUT2D eigenvalue weighted by molar-refractivity contribution is 9.11. The first-order valence-electron chi connectivity index (χ1n) is 10.8. The Bertz CT molecular complexity index is 1080. The van der Waals surface area contributed by atoms with Crippen LogP contribution in [0.2, 0.25) is 0 Å². The van der Waals surface area contributed by atoms with Crippen LogP contribution in [0.15, 0.2) is 46.5 Å². The first-order valence-corrected chi connectivity index (χ1v) is 13.6. The van der Waals surface area contributed by atoms with E-state index in [0.717, 1.165) is 32.9 Å². The van der Waals surface area contributed by atoms with E-state index < -0.39 is 23.8 Å². The Hall–Kier alpha value is -1.52. The second-order valence-corrected chi connectivity index (χ2v) is 11.5. The summed E-state index contributed by atoms with van der Waals surface area (Å²) in [5.41, 5.74) is 4.41. The number of aliphatic hydroxyl groups excluding tert-OH is 1. The molecule has 0 amide bonds. The zero-order chi connectivity index (χ0) is 23.4. The van der Waals surface area contributed by atoms with Gasteiger partial charge in [-0.3, -0.25) is 0 Å². The van der Waals surface area contributed by atoms with E-state index in [9.17, 15) is 13.9 Å². The van der Waals surface area contributed by atoms with Gasteiger partial charge in [-0.2, -0.15) is 11.8 Å². The van der Waals surface area contributed by atoms with Crippen molar-refractivity contribution in [3.05, 3.63) is 80.4 Å². The van der Waals surface area contributed by atoms with Crippen LogP contribution in [0, 0.1) is 11.6 Å². The maximum absolute atomic E-state index is 13.8. The van der Waals surface area contributed by atoms with Crippen molar-refractivity contribution < 1.29 is 13.9 Å². The van der Waals surface area contributed by atoms with Gasteiger partial charge >= 0.3 is 0 Å². The molecular weight excluding hydrogens is 528 g/mol. The molecule has 3 unspecified atom stereocenters. The second-order valence-electron chi connectivity index (χ2n) is 8.14. The molecule has 0 spiro atoms. The fourth-order valence-electron chi connectivity index (χ4n) is 4.04. The third kappa shape index (κ3) is 6.54. The molecule has 176 valence electrons. The Balaban J connectivity index is 1.49. The van der Waals surface area contributed by atoms with E-state index in [0.29, 0.717) is 12.1 Å². The first kappa shape index (κ1) is 24.6. The van der Waals surface area contributed by atoms with Crippen molar-refractivity contribution in [3.63, 3.8) is 0 Å². The smallest absolute Gasteiger partial charge is 0.161 e. The molecule has 4 nitrogen and oxygen atoms in total. The van der Waals surface area contributed by atoms with Crippen LogP contribution in [-0.2, 0) is 18.6 Å². The maximum atomic E-state index is 13.8. The predicted octanol–water partition coefficient (Wildman–Crippen LogP) is 5.71. The number of hydrogen-bond acceptors (Lipinski definition) is 6. The van der Waals surface area contributed by atoms with Gasteiger partial charge in [-0.05, 0) is 63.2 Å². The number of aliphatic hydroxyl groups is 1. The number of thiazole rings is 1. The number of halogens is 3. The number of rotatable bonds is 9. The highest BCUT2D eigenvalue weighted by Gasteiger charge is 2.25. The Kier molecular flexibility index (Phi) is 8.40. The van der Waals surface area contributed by atoms with E-state index >= 15 is 0 Å². The Morgan fingerprint density at radius 3 is 2.67 bits per heavy atom. The summed E-state index contributed by atoms with van der Waals surface area (Å²) < 4.78 is 28.2. The molecule has 3 atom stereocenters. The summed E-state index contributed by atoms with van der Waals surface area (Å²) in [6.07, 6.45) is 2.13. The van der Waals surface area contributed by atoms with Crippen molar-refractivity contribution >= 4 is 44.0 Å². The number of aryl methyl sites for hydroxylation is 1. The largest absolute Gasteiger partial charge is 0.390 e. The molecule has 1 aliphatic heterocycles. The highest BCUT2D eigenvalue weighted by Crippen LogP contribution is 2.33. The molecule has 2 heterocycles. The number of anilines is 1. The summed E-state index contributed by atoms with van der Waals surface area (Å²) in [6, 6.07) is 9.81. The van der Waals surface area contributed by atoms with Crippen LogP contribution in [0.4, 0.5) is 13.8 Å². The van der Waals surface area contributed by atoms with Crippen LogP contribution < -0.4 is 10.6 Å².